The van der Waals surface area contributed by atoms with Crippen LogP contribution in [0.15, 0.2) is 48.7 Å². The molecule has 4 rings (SSSR count). The molecule has 0 unspecified atom stereocenters. The molecule has 5 heteroatoms. The number of benzene rings is 2. The van der Waals surface area contributed by atoms with E-state index in [9.17, 15) is 4.79 Å². The number of ether oxygens (including phenoxy) is 1. The van der Waals surface area contributed by atoms with Crippen LogP contribution in [0.1, 0.15) is 18.4 Å². The average molecular weight is 341 g/mol. The number of carbonyl (C=O) groups excluding carboxylic acids is 1. The van der Waals surface area contributed by atoms with Gasteiger partial charge in [-0.1, -0.05) is 23.7 Å². The number of nitrogens with one attached hydrogen (secondary N) is 2. The highest BCUT2D eigenvalue weighted by Crippen LogP contribution is 2.51. The SMILES string of the molecule is COc1ccc2[nH]cc(C3(C(=O)Nc4ccccc4Cl)CC3)c2c1. The quantitative estimate of drug-likeness (QED) is 0.734. The lowest BCUT2D eigenvalue weighted by Gasteiger charge is -2.16. The minimum atomic E-state index is -0.496. The summed E-state index contributed by atoms with van der Waals surface area (Å²) in [6.07, 6.45) is 3.59. The Hall–Kier alpha value is -2.46. The molecule has 0 bridgehead atoms. The van der Waals surface area contributed by atoms with Crippen LogP contribution in [0.2, 0.25) is 5.02 Å². The second-order valence-corrected chi connectivity index (χ2v) is 6.54. The highest BCUT2D eigenvalue weighted by atomic mass is 35.5. The molecule has 0 radical (unpaired) electrons. The second-order valence-electron chi connectivity index (χ2n) is 6.13. The molecule has 2 N–H and O–H groups in total. The van der Waals surface area contributed by atoms with Gasteiger partial charge >= 0.3 is 0 Å². The third-order valence-electron chi connectivity index (χ3n) is 4.71. The molecule has 0 atom stereocenters. The molecule has 1 amide bonds. The van der Waals surface area contributed by atoms with Gasteiger partial charge in [-0.3, -0.25) is 4.79 Å². The number of amides is 1. The van der Waals surface area contributed by atoms with Crippen LogP contribution in [-0.4, -0.2) is 18.0 Å². The van der Waals surface area contributed by atoms with Gasteiger partial charge in [0, 0.05) is 17.1 Å². The molecule has 3 aromatic rings. The molecule has 1 fully saturated rings. The molecule has 122 valence electrons. The van der Waals surface area contributed by atoms with Crippen molar-refractivity contribution in [1.82, 2.24) is 4.98 Å². The van der Waals surface area contributed by atoms with Crippen LogP contribution < -0.4 is 10.1 Å². The predicted molar refractivity (Wildman–Crippen MR) is 95.8 cm³/mol. The Morgan fingerprint density at radius 3 is 2.75 bits per heavy atom. The molecule has 0 aliphatic heterocycles. The molecule has 1 heterocycles. The Morgan fingerprint density at radius 1 is 1.25 bits per heavy atom. The average Bonchev–Trinajstić information content (AvgIpc) is 3.30. The number of hydrogen-bond donors (Lipinski definition) is 2. The number of para-hydroxylation sites is 1. The summed E-state index contributed by atoms with van der Waals surface area (Å²) in [6.45, 7) is 0. The van der Waals surface area contributed by atoms with Crippen molar-refractivity contribution in [3.05, 3.63) is 59.2 Å². The van der Waals surface area contributed by atoms with Gasteiger partial charge in [0.2, 0.25) is 5.91 Å². The van der Waals surface area contributed by atoms with Crippen molar-refractivity contribution in [2.75, 3.05) is 12.4 Å². The number of anilines is 1. The molecular weight excluding hydrogens is 324 g/mol. The van der Waals surface area contributed by atoms with Crippen LogP contribution in [0.4, 0.5) is 5.69 Å². The second kappa shape index (κ2) is 5.56. The number of aromatic amines is 1. The Morgan fingerprint density at radius 2 is 2.04 bits per heavy atom. The fourth-order valence-corrected chi connectivity index (χ4v) is 3.35. The van der Waals surface area contributed by atoms with E-state index in [4.69, 9.17) is 16.3 Å². The lowest BCUT2D eigenvalue weighted by Crippen LogP contribution is -2.27. The van der Waals surface area contributed by atoms with Crippen LogP contribution >= 0.6 is 11.6 Å². The molecule has 1 aliphatic carbocycles. The number of rotatable bonds is 4. The van der Waals surface area contributed by atoms with Crippen molar-refractivity contribution in [1.29, 1.82) is 0 Å². The first-order valence-electron chi connectivity index (χ1n) is 7.86. The summed E-state index contributed by atoms with van der Waals surface area (Å²) in [4.78, 5) is 16.2. The maximum atomic E-state index is 12.9. The standard InChI is InChI=1S/C19H17ClN2O2/c1-24-12-6-7-16-13(10-12)14(11-21-16)19(8-9-19)18(23)22-17-5-3-2-4-15(17)20/h2-7,10-11,21H,8-9H2,1H3,(H,22,23). The van der Waals surface area contributed by atoms with E-state index in [0.29, 0.717) is 10.7 Å². The van der Waals surface area contributed by atoms with Gasteiger partial charge in [0.25, 0.3) is 0 Å². The number of fused-ring (bicyclic) bond motifs is 1. The van der Waals surface area contributed by atoms with E-state index in [1.807, 2.05) is 42.6 Å². The molecule has 4 nitrogen and oxygen atoms in total. The summed E-state index contributed by atoms with van der Waals surface area (Å²) < 4.78 is 5.32. The van der Waals surface area contributed by atoms with E-state index in [0.717, 1.165) is 35.1 Å². The minimum absolute atomic E-state index is 0.0145. The number of halogens is 1. The molecule has 2 aromatic carbocycles. The van der Waals surface area contributed by atoms with Crippen LogP contribution in [0, 0.1) is 0 Å². The van der Waals surface area contributed by atoms with E-state index in [1.165, 1.54) is 0 Å². The Bertz CT molecular complexity index is 928. The molecular formula is C19H17ClN2O2. The van der Waals surface area contributed by atoms with Gasteiger partial charge in [-0.25, -0.2) is 0 Å². The van der Waals surface area contributed by atoms with Crippen LogP contribution in [0.3, 0.4) is 0 Å². The van der Waals surface area contributed by atoms with Crippen LogP contribution in [0.25, 0.3) is 10.9 Å². The summed E-state index contributed by atoms with van der Waals surface area (Å²) in [5.41, 5.74) is 2.17. The summed E-state index contributed by atoms with van der Waals surface area (Å²) in [5.74, 6) is 0.769. The molecule has 24 heavy (non-hydrogen) atoms. The van der Waals surface area contributed by atoms with Crippen molar-refractivity contribution in [3.63, 3.8) is 0 Å². The first-order valence-corrected chi connectivity index (χ1v) is 8.23. The highest BCUT2D eigenvalue weighted by molar-refractivity contribution is 6.33. The predicted octanol–water partition coefficient (Wildman–Crippen LogP) is 4.50. The van der Waals surface area contributed by atoms with Crippen LogP contribution in [-0.2, 0) is 10.2 Å². The Balaban J connectivity index is 1.70. The summed E-state index contributed by atoms with van der Waals surface area (Å²) >= 11 is 6.16. The first kappa shape index (κ1) is 15.1. The fourth-order valence-electron chi connectivity index (χ4n) is 3.17. The summed E-state index contributed by atoms with van der Waals surface area (Å²) in [7, 11) is 1.64. The van der Waals surface area contributed by atoms with Gasteiger partial charge in [0.15, 0.2) is 0 Å². The smallest absolute Gasteiger partial charge is 0.235 e. The van der Waals surface area contributed by atoms with Gasteiger partial charge < -0.3 is 15.0 Å². The van der Waals surface area contributed by atoms with Gasteiger partial charge in [0.05, 0.1) is 23.2 Å². The number of H-pyrrole nitrogens is 1. The van der Waals surface area contributed by atoms with E-state index >= 15 is 0 Å². The molecule has 0 saturated heterocycles. The maximum Gasteiger partial charge on any atom is 0.235 e. The summed E-state index contributed by atoms with van der Waals surface area (Å²) in [6, 6.07) is 13.1. The number of hydrogen-bond acceptors (Lipinski definition) is 2. The zero-order valence-electron chi connectivity index (χ0n) is 13.2. The molecule has 1 aliphatic rings. The van der Waals surface area contributed by atoms with Crippen molar-refractivity contribution < 1.29 is 9.53 Å². The minimum Gasteiger partial charge on any atom is -0.497 e. The number of aromatic nitrogens is 1. The van der Waals surface area contributed by atoms with E-state index in [-0.39, 0.29) is 5.91 Å². The van der Waals surface area contributed by atoms with Crippen molar-refractivity contribution in [2.45, 2.75) is 18.3 Å². The lowest BCUT2D eigenvalue weighted by atomic mass is 9.94. The fraction of sp³-hybridized carbons (Fsp3) is 0.211. The Kier molecular flexibility index (Phi) is 3.50. The van der Waals surface area contributed by atoms with Crippen molar-refractivity contribution >= 4 is 34.1 Å². The van der Waals surface area contributed by atoms with Gasteiger partial charge in [-0.15, -0.1) is 0 Å². The van der Waals surface area contributed by atoms with E-state index in [2.05, 4.69) is 10.3 Å². The maximum absolute atomic E-state index is 12.9. The van der Waals surface area contributed by atoms with Crippen molar-refractivity contribution in [2.24, 2.45) is 0 Å². The normalized spacial score (nSPS) is 15.2. The topological polar surface area (TPSA) is 54.1 Å². The zero-order chi connectivity index (χ0) is 16.7. The number of carbonyl (C=O) groups is 1. The van der Waals surface area contributed by atoms with E-state index in [1.54, 1.807) is 13.2 Å². The third-order valence-corrected chi connectivity index (χ3v) is 5.04. The molecule has 1 saturated carbocycles. The molecule has 0 spiro atoms. The largest absolute Gasteiger partial charge is 0.497 e. The van der Waals surface area contributed by atoms with Crippen LogP contribution in [0.5, 0.6) is 5.75 Å². The van der Waals surface area contributed by atoms with Gasteiger partial charge in [-0.2, -0.15) is 0 Å². The third kappa shape index (κ3) is 2.34. The first-order chi connectivity index (χ1) is 11.6. The molecule has 1 aromatic heterocycles. The Labute approximate surface area is 144 Å². The van der Waals surface area contributed by atoms with Crippen molar-refractivity contribution in [3.8, 4) is 5.75 Å². The van der Waals surface area contributed by atoms with Gasteiger partial charge in [-0.05, 0) is 48.7 Å². The highest BCUT2D eigenvalue weighted by Gasteiger charge is 2.52. The monoisotopic (exact) mass is 340 g/mol. The lowest BCUT2D eigenvalue weighted by molar-refractivity contribution is -0.118. The summed E-state index contributed by atoms with van der Waals surface area (Å²) in [5, 5.41) is 4.55. The number of methoxy groups -OCH3 is 1. The van der Waals surface area contributed by atoms with Gasteiger partial charge in [0.1, 0.15) is 5.75 Å². The zero-order valence-corrected chi connectivity index (χ0v) is 14.0. The van der Waals surface area contributed by atoms with E-state index < -0.39 is 5.41 Å².